The lowest BCUT2D eigenvalue weighted by molar-refractivity contribution is -0.167. The topological polar surface area (TPSA) is 78.9 Å². The molecule has 0 aromatic heterocycles. The van der Waals surface area contributed by atoms with Crippen LogP contribution in [0.4, 0.5) is 0 Å². The van der Waals surface area contributed by atoms with Gasteiger partial charge in [-0.15, -0.1) is 0 Å². The van der Waals surface area contributed by atoms with Crippen molar-refractivity contribution in [3.8, 4) is 0 Å². The number of unbranched alkanes of at least 4 members (excludes halogenated alkanes) is 31. The van der Waals surface area contributed by atoms with Gasteiger partial charge in [-0.2, -0.15) is 0 Å². The molecule has 0 fully saturated rings. The van der Waals surface area contributed by atoms with Crippen molar-refractivity contribution in [2.45, 2.75) is 322 Å². The van der Waals surface area contributed by atoms with Gasteiger partial charge in [0.2, 0.25) is 0 Å². The van der Waals surface area contributed by atoms with Crippen LogP contribution in [0.2, 0.25) is 0 Å². The number of ether oxygens (including phenoxy) is 3. The van der Waals surface area contributed by atoms with E-state index in [0.717, 1.165) is 135 Å². The molecule has 6 nitrogen and oxygen atoms in total. The summed E-state index contributed by atoms with van der Waals surface area (Å²) in [5.41, 5.74) is 0. The lowest BCUT2D eigenvalue weighted by atomic mass is 10.0. The van der Waals surface area contributed by atoms with Crippen LogP contribution in [0.15, 0.2) is 109 Å². The molecule has 6 heteroatoms. The third kappa shape index (κ3) is 64.8. The van der Waals surface area contributed by atoms with E-state index in [1.807, 2.05) is 0 Å². The second kappa shape index (κ2) is 66.6. The third-order valence-electron chi connectivity index (χ3n) is 14.2. The Morgan fingerprint density at radius 1 is 0.266 bits per heavy atom. The molecule has 0 radical (unpaired) electrons. The number of allylic oxidation sites excluding steroid dienone is 18. The number of hydrogen-bond acceptors (Lipinski definition) is 6. The van der Waals surface area contributed by atoms with E-state index in [4.69, 9.17) is 14.2 Å². The summed E-state index contributed by atoms with van der Waals surface area (Å²) in [6.07, 6.45) is 90.9. The molecule has 0 saturated carbocycles. The Morgan fingerprint density at radius 3 is 0.785 bits per heavy atom. The summed E-state index contributed by atoms with van der Waals surface area (Å²) in [4.78, 5) is 38.4. The fourth-order valence-electron chi connectivity index (χ4n) is 9.30. The Balaban J connectivity index is 4.41. The van der Waals surface area contributed by atoms with Crippen LogP contribution in [-0.4, -0.2) is 37.2 Å². The van der Waals surface area contributed by atoms with Crippen molar-refractivity contribution in [1.29, 1.82) is 0 Å². The molecule has 0 amide bonds. The second-order valence-corrected chi connectivity index (χ2v) is 22.0. The van der Waals surface area contributed by atoms with E-state index in [1.54, 1.807) is 0 Å². The summed E-state index contributed by atoms with van der Waals surface area (Å²) in [6, 6.07) is 0. The highest BCUT2D eigenvalue weighted by molar-refractivity contribution is 5.71. The van der Waals surface area contributed by atoms with Gasteiger partial charge in [-0.25, -0.2) is 0 Å². The average molecular weight is 1100 g/mol. The van der Waals surface area contributed by atoms with Gasteiger partial charge in [-0.3, -0.25) is 14.4 Å². The molecule has 0 aliphatic heterocycles. The smallest absolute Gasteiger partial charge is 0.306 e. The van der Waals surface area contributed by atoms with Gasteiger partial charge in [0.05, 0.1) is 0 Å². The maximum Gasteiger partial charge on any atom is 0.306 e. The maximum absolute atomic E-state index is 12.9. The van der Waals surface area contributed by atoms with Gasteiger partial charge in [-0.05, 0) is 122 Å². The number of esters is 3. The van der Waals surface area contributed by atoms with Crippen LogP contribution in [0.1, 0.15) is 316 Å². The van der Waals surface area contributed by atoms with Crippen LogP contribution < -0.4 is 0 Å². The summed E-state index contributed by atoms with van der Waals surface area (Å²) in [7, 11) is 0. The molecule has 1 unspecified atom stereocenters. The minimum absolute atomic E-state index is 0.0892. The predicted molar refractivity (Wildman–Crippen MR) is 343 cm³/mol. The highest BCUT2D eigenvalue weighted by atomic mass is 16.6. The Hall–Kier alpha value is -3.93. The molecule has 1 atom stereocenters. The predicted octanol–water partition coefficient (Wildman–Crippen LogP) is 23.0. The standard InChI is InChI=1S/C73H124O6/c1-4-7-10-13-16-19-22-25-28-31-34-35-36-37-40-42-45-48-51-54-57-60-63-66-72(75)78-69-70(79-73(76)67-64-61-58-55-52-49-46-43-39-33-30-27-24-21-18-15-12-9-6-3)68-77-71(74)65-62-59-56-53-50-47-44-41-38-32-29-26-23-20-17-14-11-8-5-2/h8-9,11-12,17-18,20-21,26-27,29-31,34,38-39,41,43,70H,4-7,10,13-16,19,22-25,28,32-33,35-37,40,42,44-69H2,1-3H3/b11-8-,12-9-,20-17-,21-18-,29-26-,30-27-,34-31-,41-38-,43-39-. The van der Waals surface area contributed by atoms with Crippen molar-refractivity contribution in [2.24, 2.45) is 0 Å². The zero-order chi connectivity index (χ0) is 57.1. The van der Waals surface area contributed by atoms with Gasteiger partial charge >= 0.3 is 17.9 Å². The van der Waals surface area contributed by atoms with E-state index in [0.29, 0.717) is 19.3 Å². The van der Waals surface area contributed by atoms with Crippen molar-refractivity contribution in [3.05, 3.63) is 109 Å². The number of rotatable bonds is 60. The molecule has 0 aliphatic carbocycles. The van der Waals surface area contributed by atoms with Crippen molar-refractivity contribution >= 4 is 17.9 Å². The minimum atomic E-state index is -0.796. The summed E-state index contributed by atoms with van der Waals surface area (Å²) >= 11 is 0. The van der Waals surface area contributed by atoms with E-state index in [1.165, 1.54) is 141 Å². The fourth-order valence-corrected chi connectivity index (χ4v) is 9.30. The maximum atomic E-state index is 12.9. The van der Waals surface area contributed by atoms with Gasteiger partial charge < -0.3 is 14.2 Å². The van der Waals surface area contributed by atoms with Crippen molar-refractivity contribution in [1.82, 2.24) is 0 Å². The molecule has 452 valence electrons. The Morgan fingerprint density at radius 2 is 0.494 bits per heavy atom. The van der Waals surface area contributed by atoms with E-state index >= 15 is 0 Å². The molecule has 0 spiro atoms. The van der Waals surface area contributed by atoms with Gasteiger partial charge in [0, 0.05) is 19.3 Å². The molecule has 0 aromatic carbocycles. The fraction of sp³-hybridized carbons (Fsp3) is 0.712. The van der Waals surface area contributed by atoms with Crippen LogP contribution in [0, 0.1) is 0 Å². The molecule has 0 aliphatic rings. The van der Waals surface area contributed by atoms with Crippen molar-refractivity contribution in [2.75, 3.05) is 13.2 Å². The molecule has 79 heavy (non-hydrogen) atoms. The largest absolute Gasteiger partial charge is 0.462 e. The summed E-state index contributed by atoms with van der Waals surface area (Å²) in [5, 5.41) is 0. The third-order valence-corrected chi connectivity index (χ3v) is 14.2. The average Bonchev–Trinajstić information content (AvgIpc) is 3.45. The first kappa shape index (κ1) is 75.1. The van der Waals surface area contributed by atoms with E-state index < -0.39 is 6.10 Å². The van der Waals surface area contributed by atoms with Gasteiger partial charge in [0.1, 0.15) is 13.2 Å². The first-order valence-corrected chi connectivity index (χ1v) is 33.4. The molecular formula is C73H124O6. The molecule has 0 bridgehead atoms. The quantitative estimate of drug-likeness (QED) is 0.0261. The lowest BCUT2D eigenvalue weighted by Gasteiger charge is -2.18. The van der Waals surface area contributed by atoms with Crippen LogP contribution >= 0.6 is 0 Å². The first-order valence-electron chi connectivity index (χ1n) is 33.4. The zero-order valence-electron chi connectivity index (χ0n) is 51.9. The highest BCUT2D eigenvalue weighted by Crippen LogP contribution is 2.16. The minimum Gasteiger partial charge on any atom is -0.462 e. The monoisotopic (exact) mass is 1100 g/mol. The van der Waals surface area contributed by atoms with Crippen LogP contribution in [0.3, 0.4) is 0 Å². The van der Waals surface area contributed by atoms with E-state index in [9.17, 15) is 14.4 Å². The number of carbonyl (C=O) groups is 3. The van der Waals surface area contributed by atoms with Gasteiger partial charge in [-0.1, -0.05) is 284 Å². The SMILES string of the molecule is CC/C=C\C/C=C\C/C=C\C/C=C\CCCCCCCCC(=O)OCC(COC(=O)CCCCCCCCCCCCC/C=C\CCCCCCCCCC)OC(=O)CCCCCCCC/C=C\C/C=C\C/C=C\C/C=C\CC. The first-order chi connectivity index (χ1) is 39.0. The zero-order valence-corrected chi connectivity index (χ0v) is 51.9. The second-order valence-electron chi connectivity index (χ2n) is 22.0. The number of hydrogen-bond donors (Lipinski definition) is 0. The molecular weight excluding hydrogens is 973 g/mol. The molecule has 0 saturated heterocycles. The van der Waals surface area contributed by atoms with Crippen LogP contribution in [-0.2, 0) is 28.6 Å². The Bertz CT molecular complexity index is 1590. The van der Waals surface area contributed by atoms with Crippen LogP contribution in [0.5, 0.6) is 0 Å². The molecule has 0 heterocycles. The van der Waals surface area contributed by atoms with Gasteiger partial charge in [0.25, 0.3) is 0 Å². The summed E-state index contributed by atoms with van der Waals surface area (Å²) in [5.74, 6) is -0.908. The Labute approximate surface area is 489 Å². The molecule has 0 N–H and O–H groups in total. The van der Waals surface area contributed by atoms with E-state index in [2.05, 4.69) is 130 Å². The molecule has 0 aromatic rings. The summed E-state index contributed by atoms with van der Waals surface area (Å²) < 4.78 is 17.0. The van der Waals surface area contributed by atoms with Crippen molar-refractivity contribution in [3.63, 3.8) is 0 Å². The van der Waals surface area contributed by atoms with Gasteiger partial charge in [0.15, 0.2) is 6.10 Å². The van der Waals surface area contributed by atoms with E-state index in [-0.39, 0.29) is 31.1 Å². The number of carbonyl (C=O) groups excluding carboxylic acids is 3. The Kier molecular flexibility index (Phi) is 63.3. The lowest BCUT2D eigenvalue weighted by Crippen LogP contribution is -2.30. The summed E-state index contributed by atoms with van der Waals surface area (Å²) in [6.45, 7) is 6.42. The van der Waals surface area contributed by atoms with Crippen molar-refractivity contribution < 1.29 is 28.6 Å². The van der Waals surface area contributed by atoms with Crippen LogP contribution in [0.25, 0.3) is 0 Å². The normalized spacial score (nSPS) is 12.8. The molecule has 0 rings (SSSR count). The highest BCUT2D eigenvalue weighted by Gasteiger charge is 2.19.